The number of benzene rings is 1. The molecule has 0 radical (unpaired) electrons. The molecule has 1 N–H and O–H groups in total. The van der Waals surface area contributed by atoms with E-state index >= 15 is 0 Å². The van der Waals surface area contributed by atoms with Crippen molar-refractivity contribution in [3.05, 3.63) is 35.9 Å². The molecule has 0 aliphatic rings. The summed E-state index contributed by atoms with van der Waals surface area (Å²) >= 11 is 0. The SMILES string of the molecule is CCS(=O)(=O)OCC(O)(CC(F)(F)F)c1ccccc1. The number of hydrogen-bond acceptors (Lipinski definition) is 4. The Morgan fingerprint density at radius 2 is 1.75 bits per heavy atom. The average Bonchev–Trinajstić information content (AvgIpc) is 2.36. The predicted molar refractivity (Wildman–Crippen MR) is 66.4 cm³/mol. The number of hydrogen-bond donors (Lipinski definition) is 1. The van der Waals surface area contributed by atoms with Crippen LogP contribution in [0.25, 0.3) is 0 Å². The lowest BCUT2D eigenvalue weighted by molar-refractivity contribution is -0.184. The standard InChI is InChI=1S/C12H15F3O4S/c1-2-20(17,18)19-9-11(16,8-12(13,14)15)10-6-4-3-5-7-10/h3-7,16H,2,8-9H2,1H3. The zero-order valence-electron chi connectivity index (χ0n) is 10.7. The number of alkyl halides is 3. The second-order valence-electron chi connectivity index (χ2n) is 4.30. The fraction of sp³-hybridized carbons (Fsp3) is 0.500. The van der Waals surface area contributed by atoms with E-state index in [9.17, 15) is 26.7 Å². The topological polar surface area (TPSA) is 63.6 Å². The van der Waals surface area contributed by atoms with E-state index < -0.39 is 34.9 Å². The molecule has 0 aliphatic heterocycles. The van der Waals surface area contributed by atoms with E-state index in [-0.39, 0.29) is 11.3 Å². The predicted octanol–water partition coefficient (Wildman–Crippen LogP) is 2.19. The van der Waals surface area contributed by atoms with Crippen LogP contribution in [0.2, 0.25) is 0 Å². The lowest BCUT2D eigenvalue weighted by Gasteiger charge is -2.29. The minimum absolute atomic E-state index is 0.0522. The Labute approximate surface area is 115 Å². The lowest BCUT2D eigenvalue weighted by Crippen LogP contribution is -2.37. The summed E-state index contributed by atoms with van der Waals surface area (Å²) in [4.78, 5) is 0. The molecule has 0 bridgehead atoms. The second kappa shape index (κ2) is 6.11. The molecule has 1 unspecified atom stereocenters. The van der Waals surface area contributed by atoms with Crippen LogP contribution in [0.1, 0.15) is 18.9 Å². The highest BCUT2D eigenvalue weighted by atomic mass is 32.2. The first-order valence-corrected chi connectivity index (χ1v) is 7.37. The summed E-state index contributed by atoms with van der Waals surface area (Å²) in [7, 11) is -3.94. The number of rotatable bonds is 6. The first kappa shape index (κ1) is 16.9. The van der Waals surface area contributed by atoms with E-state index in [1.807, 2.05) is 0 Å². The van der Waals surface area contributed by atoms with E-state index in [1.165, 1.54) is 31.2 Å². The van der Waals surface area contributed by atoms with E-state index in [4.69, 9.17) is 0 Å². The van der Waals surface area contributed by atoms with Gasteiger partial charge in [0.25, 0.3) is 10.1 Å². The maximum absolute atomic E-state index is 12.6. The van der Waals surface area contributed by atoms with Crippen LogP contribution in [-0.2, 0) is 19.9 Å². The molecule has 0 heterocycles. The van der Waals surface area contributed by atoms with Gasteiger partial charge < -0.3 is 5.11 Å². The molecule has 1 aromatic rings. The molecule has 0 saturated heterocycles. The largest absolute Gasteiger partial charge is 0.392 e. The third kappa shape index (κ3) is 5.10. The van der Waals surface area contributed by atoms with Crippen LogP contribution in [0.5, 0.6) is 0 Å². The molecule has 1 aromatic carbocycles. The minimum atomic E-state index is -4.66. The number of aliphatic hydroxyl groups is 1. The van der Waals surface area contributed by atoms with Gasteiger partial charge in [0.1, 0.15) is 5.60 Å². The Hall–Kier alpha value is -1.12. The zero-order chi connectivity index (χ0) is 15.4. The Kier molecular flexibility index (Phi) is 5.17. The van der Waals surface area contributed by atoms with Crippen molar-refractivity contribution in [2.45, 2.75) is 25.1 Å². The highest BCUT2D eigenvalue weighted by molar-refractivity contribution is 7.86. The van der Waals surface area contributed by atoms with Crippen molar-refractivity contribution >= 4 is 10.1 Å². The van der Waals surface area contributed by atoms with Gasteiger partial charge in [-0.25, -0.2) is 0 Å². The molecular formula is C12H15F3O4S. The molecule has 20 heavy (non-hydrogen) atoms. The van der Waals surface area contributed by atoms with E-state index in [0.717, 1.165) is 0 Å². The van der Waals surface area contributed by atoms with E-state index in [1.54, 1.807) is 6.07 Å². The van der Waals surface area contributed by atoms with Gasteiger partial charge in [0.05, 0.1) is 18.8 Å². The Balaban J connectivity index is 3.03. The van der Waals surface area contributed by atoms with Gasteiger partial charge in [0.2, 0.25) is 0 Å². The summed E-state index contributed by atoms with van der Waals surface area (Å²) in [5.74, 6) is -0.385. The van der Waals surface area contributed by atoms with Crippen molar-refractivity contribution in [2.75, 3.05) is 12.4 Å². The summed E-state index contributed by atoms with van der Waals surface area (Å²) in [5, 5.41) is 10.2. The molecule has 1 atom stereocenters. The van der Waals surface area contributed by atoms with Gasteiger partial charge in [-0.3, -0.25) is 4.18 Å². The maximum atomic E-state index is 12.6. The molecule has 0 aromatic heterocycles. The van der Waals surface area contributed by atoms with Crippen LogP contribution in [-0.4, -0.2) is 32.1 Å². The fourth-order valence-electron chi connectivity index (χ4n) is 1.59. The summed E-state index contributed by atoms with van der Waals surface area (Å²) < 4.78 is 64.6. The van der Waals surface area contributed by atoms with Gasteiger partial charge >= 0.3 is 6.18 Å². The lowest BCUT2D eigenvalue weighted by atomic mass is 9.91. The molecule has 114 valence electrons. The monoisotopic (exact) mass is 312 g/mol. The van der Waals surface area contributed by atoms with Gasteiger partial charge in [-0.1, -0.05) is 30.3 Å². The van der Waals surface area contributed by atoms with Gasteiger partial charge in [-0.05, 0) is 12.5 Å². The van der Waals surface area contributed by atoms with Crippen LogP contribution in [0.15, 0.2) is 30.3 Å². The van der Waals surface area contributed by atoms with Crippen molar-refractivity contribution in [3.8, 4) is 0 Å². The van der Waals surface area contributed by atoms with Crippen LogP contribution in [0.3, 0.4) is 0 Å². The molecule has 1 rings (SSSR count). The summed E-state index contributed by atoms with van der Waals surface area (Å²) in [6.07, 6.45) is -6.26. The summed E-state index contributed by atoms with van der Waals surface area (Å²) in [6, 6.07) is 7.04. The quantitative estimate of drug-likeness (QED) is 0.818. The van der Waals surface area contributed by atoms with E-state index in [2.05, 4.69) is 4.18 Å². The van der Waals surface area contributed by atoms with Crippen LogP contribution in [0, 0.1) is 0 Å². The summed E-state index contributed by atoms with van der Waals surface area (Å²) in [6.45, 7) is 0.313. The van der Waals surface area contributed by atoms with Crippen LogP contribution < -0.4 is 0 Å². The molecular weight excluding hydrogens is 297 g/mol. The van der Waals surface area contributed by atoms with Crippen LogP contribution in [0.4, 0.5) is 13.2 Å². The average molecular weight is 312 g/mol. The highest BCUT2D eigenvalue weighted by Gasteiger charge is 2.43. The molecule has 4 nitrogen and oxygen atoms in total. The normalized spacial score (nSPS) is 15.8. The van der Waals surface area contributed by atoms with Gasteiger partial charge in [0, 0.05) is 0 Å². The molecule has 0 aliphatic carbocycles. The zero-order valence-corrected chi connectivity index (χ0v) is 11.5. The second-order valence-corrected chi connectivity index (χ2v) is 6.23. The highest BCUT2D eigenvalue weighted by Crippen LogP contribution is 2.35. The molecule has 0 amide bonds. The first-order chi connectivity index (χ1) is 9.08. The van der Waals surface area contributed by atoms with Gasteiger partial charge in [-0.15, -0.1) is 0 Å². The van der Waals surface area contributed by atoms with E-state index in [0.29, 0.717) is 0 Å². The summed E-state index contributed by atoms with van der Waals surface area (Å²) in [5.41, 5.74) is -2.49. The number of halogens is 3. The first-order valence-electron chi connectivity index (χ1n) is 5.80. The van der Waals surface area contributed by atoms with Crippen LogP contribution >= 0.6 is 0 Å². The molecule has 0 saturated carbocycles. The Morgan fingerprint density at radius 1 is 1.20 bits per heavy atom. The Morgan fingerprint density at radius 3 is 2.20 bits per heavy atom. The maximum Gasteiger partial charge on any atom is 0.392 e. The minimum Gasteiger partial charge on any atom is -0.382 e. The molecule has 0 spiro atoms. The van der Waals surface area contributed by atoms with Gasteiger partial charge in [0.15, 0.2) is 0 Å². The fourth-order valence-corrected chi connectivity index (χ4v) is 2.13. The third-order valence-electron chi connectivity index (χ3n) is 2.63. The smallest absolute Gasteiger partial charge is 0.382 e. The van der Waals surface area contributed by atoms with Crippen molar-refractivity contribution < 1.29 is 30.9 Å². The van der Waals surface area contributed by atoms with Crippen molar-refractivity contribution in [1.29, 1.82) is 0 Å². The van der Waals surface area contributed by atoms with Crippen molar-refractivity contribution in [2.24, 2.45) is 0 Å². The third-order valence-corrected chi connectivity index (χ3v) is 3.82. The van der Waals surface area contributed by atoms with Crippen molar-refractivity contribution in [1.82, 2.24) is 0 Å². The molecule has 0 fully saturated rings. The Bertz CT molecular complexity index is 527. The molecule has 8 heteroatoms. The van der Waals surface area contributed by atoms with Gasteiger partial charge in [-0.2, -0.15) is 21.6 Å². The van der Waals surface area contributed by atoms with Crippen molar-refractivity contribution in [3.63, 3.8) is 0 Å².